The van der Waals surface area contributed by atoms with Crippen molar-refractivity contribution < 1.29 is 19.2 Å². The van der Waals surface area contributed by atoms with Gasteiger partial charge in [-0.15, -0.1) is 6.58 Å². The molecule has 0 spiro atoms. The number of non-ortho nitro benzene ring substituents is 1. The Morgan fingerprint density at radius 3 is 2.33 bits per heavy atom. The van der Waals surface area contributed by atoms with Gasteiger partial charge in [-0.25, -0.2) is 4.79 Å². The van der Waals surface area contributed by atoms with E-state index in [1.165, 1.54) is 17.7 Å². The fourth-order valence-corrected chi connectivity index (χ4v) is 6.35. The summed E-state index contributed by atoms with van der Waals surface area (Å²) in [4.78, 5) is 43.1. The largest absolute Gasteiger partial charge is 0.445 e. The van der Waals surface area contributed by atoms with Crippen LogP contribution in [0.4, 0.5) is 10.5 Å². The van der Waals surface area contributed by atoms with Gasteiger partial charge in [0, 0.05) is 62.9 Å². The number of benzene rings is 3. The van der Waals surface area contributed by atoms with Crippen LogP contribution in [0.15, 0.2) is 91.5 Å². The van der Waals surface area contributed by atoms with Crippen LogP contribution < -0.4 is 0 Å². The van der Waals surface area contributed by atoms with Gasteiger partial charge in [-0.2, -0.15) is 0 Å². The van der Waals surface area contributed by atoms with Crippen LogP contribution in [0.3, 0.4) is 0 Å². The summed E-state index contributed by atoms with van der Waals surface area (Å²) in [5.74, 6) is 0.0944. The molecule has 43 heavy (non-hydrogen) atoms. The molecule has 224 valence electrons. The first-order valence-corrected chi connectivity index (χ1v) is 14.8. The van der Waals surface area contributed by atoms with Gasteiger partial charge in [0.15, 0.2) is 0 Å². The van der Waals surface area contributed by atoms with Gasteiger partial charge in [0.2, 0.25) is 0 Å². The van der Waals surface area contributed by atoms with Crippen LogP contribution in [-0.4, -0.2) is 76.4 Å². The number of likely N-dealkylation sites (tertiary alicyclic amines) is 2. The number of nitro benzene ring substituents is 1. The normalized spacial score (nSPS) is 19.1. The van der Waals surface area contributed by atoms with E-state index in [0.717, 1.165) is 25.9 Å². The lowest BCUT2D eigenvalue weighted by atomic mass is 9.91. The molecule has 2 fully saturated rings. The first kappa shape index (κ1) is 30.3. The molecule has 2 aliphatic rings. The van der Waals surface area contributed by atoms with E-state index in [9.17, 15) is 19.7 Å². The topological polar surface area (TPSA) is 96.2 Å². The van der Waals surface area contributed by atoms with Crippen molar-refractivity contribution in [2.45, 2.75) is 37.5 Å². The van der Waals surface area contributed by atoms with Crippen LogP contribution in [0.25, 0.3) is 0 Å². The highest BCUT2D eigenvalue weighted by atomic mass is 35.5. The van der Waals surface area contributed by atoms with E-state index in [0.29, 0.717) is 35.8 Å². The summed E-state index contributed by atoms with van der Waals surface area (Å²) >= 11 is 6.38. The van der Waals surface area contributed by atoms with Gasteiger partial charge in [-0.1, -0.05) is 60.1 Å². The molecule has 0 aromatic heterocycles. The molecule has 0 saturated carbocycles. The van der Waals surface area contributed by atoms with Crippen molar-refractivity contribution in [3.63, 3.8) is 0 Å². The van der Waals surface area contributed by atoms with E-state index < -0.39 is 11.0 Å². The number of hydrogen-bond acceptors (Lipinski definition) is 6. The maximum Gasteiger partial charge on any atom is 0.410 e. The van der Waals surface area contributed by atoms with Crippen molar-refractivity contribution in [3.8, 4) is 0 Å². The second kappa shape index (κ2) is 13.8. The quantitative estimate of drug-likeness (QED) is 0.166. The number of piperidine rings is 1. The number of hydrogen-bond donors (Lipinski definition) is 0. The Kier molecular flexibility index (Phi) is 9.74. The van der Waals surface area contributed by atoms with Crippen LogP contribution in [0.2, 0.25) is 5.02 Å². The third-order valence-electron chi connectivity index (χ3n) is 8.39. The molecule has 0 aliphatic carbocycles. The van der Waals surface area contributed by atoms with Crippen molar-refractivity contribution in [3.05, 3.63) is 123 Å². The van der Waals surface area contributed by atoms with E-state index in [2.05, 4.69) is 23.6 Å². The van der Waals surface area contributed by atoms with Crippen molar-refractivity contribution in [2.75, 3.05) is 32.7 Å². The molecule has 2 heterocycles. The Morgan fingerprint density at radius 2 is 1.67 bits per heavy atom. The molecule has 5 rings (SSSR count). The van der Waals surface area contributed by atoms with Crippen molar-refractivity contribution in [2.24, 2.45) is 0 Å². The molecular formula is C33H35ClN4O5. The minimum atomic E-state index is -0.462. The second-order valence-electron chi connectivity index (χ2n) is 11.0. The molecule has 3 aromatic rings. The third-order valence-corrected chi connectivity index (χ3v) is 8.72. The Labute approximate surface area is 256 Å². The number of ether oxygens (including phenoxy) is 1. The van der Waals surface area contributed by atoms with E-state index in [4.69, 9.17) is 16.3 Å². The summed E-state index contributed by atoms with van der Waals surface area (Å²) in [6, 6.07) is 23.6. The molecule has 3 aromatic carbocycles. The fourth-order valence-electron chi connectivity index (χ4n) is 6.14. The van der Waals surface area contributed by atoms with Crippen LogP contribution >= 0.6 is 11.6 Å². The first-order valence-electron chi connectivity index (χ1n) is 14.5. The zero-order valence-electron chi connectivity index (χ0n) is 23.9. The number of nitrogens with zero attached hydrogens (tertiary/aromatic N) is 4. The number of nitro groups is 1. The van der Waals surface area contributed by atoms with Crippen molar-refractivity contribution in [1.82, 2.24) is 14.7 Å². The summed E-state index contributed by atoms with van der Waals surface area (Å²) in [5, 5.41) is 11.4. The molecule has 2 atom stereocenters. The highest BCUT2D eigenvalue weighted by Crippen LogP contribution is 2.35. The third kappa shape index (κ3) is 7.06. The SMILES string of the molecule is C=CCN(C(=O)OCc1ccc([N+](=O)[O-])cc1)C1CCN([C@@H]2CN(C(=O)c3ccccc3Cl)C[C@H]2c2ccccc2)CC1. The maximum absolute atomic E-state index is 13.5. The van der Waals surface area contributed by atoms with E-state index >= 15 is 0 Å². The van der Waals surface area contributed by atoms with Gasteiger partial charge in [0.25, 0.3) is 11.6 Å². The summed E-state index contributed by atoms with van der Waals surface area (Å²) < 4.78 is 5.59. The Balaban J connectivity index is 1.24. The zero-order valence-corrected chi connectivity index (χ0v) is 24.6. The average Bonchev–Trinajstić information content (AvgIpc) is 3.49. The lowest BCUT2D eigenvalue weighted by molar-refractivity contribution is -0.384. The summed E-state index contributed by atoms with van der Waals surface area (Å²) in [6.07, 6.45) is 2.78. The van der Waals surface area contributed by atoms with Gasteiger partial charge in [-0.05, 0) is 48.2 Å². The number of carbonyl (C=O) groups is 2. The van der Waals surface area contributed by atoms with Crippen LogP contribution in [-0.2, 0) is 11.3 Å². The number of carbonyl (C=O) groups excluding carboxylic acids is 2. The number of amides is 2. The Morgan fingerprint density at radius 1 is 1.00 bits per heavy atom. The fraction of sp³-hybridized carbons (Fsp3) is 0.333. The smallest absolute Gasteiger partial charge is 0.410 e. The van der Waals surface area contributed by atoms with Gasteiger partial charge < -0.3 is 14.5 Å². The van der Waals surface area contributed by atoms with E-state index in [1.54, 1.807) is 35.2 Å². The van der Waals surface area contributed by atoms with Gasteiger partial charge >= 0.3 is 6.09 Å². The van der Waals surface area contributed by atoms with E-state index in [1.807, 2.05) is 35.2 Å². The van der Waals surface area contributed by atoms with Gasteiger partial charge in [0.1, 0.15) is 6.61 Å². The molecule has 0 radical (unpaired) electrons. The lowest BCUT2D eigenvalue weighted by Crippen LogP contribution is -2.51. The molecule has 2 aliphatic heterocycles. The minimum Gasteiger partial charge on any atom is -0.445 e. The molecular weight excluding hydrogens is 568 g/mol. The standard InChI is InChI=1S/C33H35ClN4O5/c1-2-18-37(33(40)43-23-24-12-14-27(15-13-24)38(41)42)26-16-19-35(20-17-26)31-22-36(21-29(31)25-8-4-3-5-9-25)32(39)28-10-6-7-11-30(28)34/h2-15,26,29,31H,1,16-23H2/t29-,31+/m0/s1. The Bertz CT molecular complexity index is 1440. The molecule has 2 saturated heterocycles. The predicted molar refractivity (Wildman–Crippen MR) is 165 cm³/mol. The second-order valence-corrected chi connectivity index (χ2v) is 11.4. The predicted octanol–water partition coefficient (Wildman–Crippen LogP) is 6.15. The number of halogens is 1. The molecule has 10 heteroatoms. The molecule has 9 nitrogen and oxygen atoms in total. The maximum atomic E-state index is 13.5. The van der Waals surface area contributed by atoms with Crippen molar-refractivity contribution in [1.29, 1.82) is 0 Å². The molecule has 0 bridgehead atoms. The first-order chi connectivity index (χ1) is 20.9. The molecule has 0 unspecified atom stereocenters. The molecule has 0 N–H and O–H groups in total. The zero-order chi connectivity index (χ0) is 30.3. The van der Waals surface area contributed by atoms with Gasteiger partial charge in [-0.3, -0.25) is 19.8 Å². The average molecular weight is 603 g/mol. The summed E-state index contributed by atoms with van der Waals surface area (Å²) in [7, 11) is 0. The Hall–Kier alpha value is -4.21. The summed E-state index contributed by atoms with van der Waals surface area (Å²) in [5.41, 5.74) is 2.38. The lowest BCUT2D eigenvalue weighted by Gasteiger charge is -2.41. The van der Waals surface area contributed by atoms with E-state index in [-0.39, 0.29) is 36.2 Å². The minimum absolute atomic E-state index is 0.0109. The van der Waals surface area contributed by atoms with Crippen LogP contribution in [0, 0.1) is 10.1 Å². The van der Waals surface area contributed by atoms with Crippen LogP contribution in [0.5, 0.6) is 0 Å². The number of rotatable bonds is 9. The summed E-state index contributed by atoms with van der Waals surface area (Å²) in [6.45, 7) is 6.97. The highest BCUT2D eigenvalue weighted by molar-refractivity contribution is 6.33. The van der Waals surface area contributed by atoms with Crippen molar-refractivity contribution >= 4 is 29.3 Å². The van der Waals surface area contributed by atoms with Gasteiger partial charge in [0.05, 0.1) is 15.5 Å². The monoisotopic (exact) mass is 602 g/mol. The van der Waals surface area contributed by atoms with Crippen LogP contribution in [0.1, 0.15) is 40.2 Å². The highest BCUT2D eigenvalue weighted by Gasteiger charge is 2.41. The molecule has 2 amide bonds.